The molecule has 2 aromatic rings. The summed E-state index contributed by atoms with van der Waals surface area (Å²) in [4.78, 5) is 18.4. The Morgan fingerprint density at radius 1 is 1.31 bits per heavy atom. The van der Waals surface area contributed by atoms with E-state index in [0.717, 1.165) is 32.0 Å². The number of carbonyl (C=O) groups excluding carboxylic acids is 1. The highest BCUT2D eigenvalue weighted by Crippen LogP contribution is 2.56. The first-order valence-corrected chi connectivity index (χ1v) is 9.37. The van der Waals surface area contributed by atoms with Gasteiger partial charge in [-0.3, -0.25) is 9.69 Å². The number of hydrogen-bond acceptors (Lipinski definition) is 4. The van der Waals surface area contributed by atoms with Gasteiger partial charge >= 0.3 is 0 Å². The summed E-state index contributed by atoms with van der Waals surface area (Å²) in [6.07, 6.45) is 7.66. The number of piperidine rings is 1. The fourth-order valence-corrected chi connectivity index (χ4v) is 4.32. The van der Waals surface area contributed by atoms with E-state index in [4.69, 9.17) is 5.73 Å². The van der Waals surface area contributed by atoms with Crippen LogP contribution in [0.5, 0.6) is 0 Å². The minimum atomic E-state index is -0.378. The Labute approximate surface area is 154 Å². The minimum Gasteiger partial charge on any atom is -0.366 e. The first-order chi connectivity index (χ1) is 12.6. The van der Waals surface area contributed by atoms with Crippen LogP contribution in [0.1, 0.15) is 41.0 Å². The van der Waals surface area contributed by atoms with Crippen LogP contribution < -0.4 is 11.1 Å². The van der Waals surface area contributed by atoms with Gasteiger partial charge in [-0.15, -0.1) is 0 Å². The van der Waals surface area contributed by atoms with Crippen LogP contribution in [-0.2, 0) is 20.1 Å². The van der Waals surface area contributed by atoms with Gasteiger partial charge in [0.2, 0.25) is 5.91 Å². The molecular formula is C20H27N5O. The molecule has 138 valence electrons. The first kappa shape index (κ1) is 17.2. The lowest BCUT2D eigenvalue weighted by atomic mass is 9.93. The van der Waals surface area contributed by atoms with Gasteiger partial charge in [0.25, 0.3) is 0 Å². The van der Waals surface area contributed by atoms with E-state index in [1.54, 1.807) is 0 Å². The second-order valence-electron chi connectivity index (χ2n) is 7.75. The van der Waals surface area contributed by atoms with Crippen LogP contribution in [0.2, 0.25) is 0 Å². The molecular weight excluding hydrogens is 326 g/mol. The van der Waals surface area contributed by atoms with Crippen LogP contribution in [-0.4, -0.2) is 39.5 Å². The number of nitrogens with two attached hydrogens (primary N) is 1. The third-order valence-corrected chi connectivity index (χ3v) is 6.08. The van der Waals surface area contributed by atoms with Crippen LogP contribution >= 0.6 is 0 Å². The zero-order chi connectivity index (χ0) is 18.1. The molecule has 1 saturated carbocycles. The van der Waals surface area contributed by atoms with E-state index in [9.17, 15) is 4.79 Å². The fraction of sp³-hybridized carbons (Fsp3) is 0.500. The number of amides is 1. The number of nitrogens with one attached hydrogen (secondary N) is 1. The summed E-state index contributed by atoms with van der Waals surface area (Å²) in [6.45, 7) is 3.97. The molecule has 26 heavy (non-hydrogen) atoms. The second kappa shape index (κ2) is 6.85. The third-order valence-electron chi connectivity index (χ3n) is 6.08. The quantitative estimate of drug-likeness (QED) is 0.828. The van der Waals surface area contributed by atoms with Crippen LogP contribution in [0.15, 0.2) is 36.7 Å². The van der Waals surface area contributed by atoms with Gasteiger partial charge in [0.15, 0.2) is 0 Å². The summed E-state index contributed by atoms with van der Waals surface area (Å²) in [6, 6.07) is 8.29. The van der Waals surface area contributed by atoms with Gasteiger partial charge in [-0.25, -0.2) is 4.98 Å². The predicted molar refractivity (Wildman–Crippen MR) is 100 cm³/mol. The summed E-state index contributed by atoms with van der Waals surface area (Å²) < 4.78 is 2.10. The second-order valence-corrected chi connectivity index (χ2v) is 7.75. The molecule has 0 bridgehead atoms. The van der Waals surface area contributed by atoms with Gasteiger partial charge in [0.05, 0.1) is 6.54 Å². The van der Waals surface area contributed by atoms with Crippen molar-refractivity contribution in [3.8, 4) is 0 Å². The molecule has 2 aliphatic rings. The topological polar surface area (TPSA) is 76.2 Å². The molecule has 1 aliphatic carbocycles. The van der Waals surface area contributed by atoms with Crippen molar-refractivity contribution >= 4 is 5.91 Å². The van der Waals surface area contributed by atoms with Crippen LogP contribution in [0.3, 0.4) is 0 Å². The van der Waals surface area contributed by atoms with Crippen LogP contribution in [0, 0.1) is 5.41 Å². The maximum Gasteiger partial charge on any atom is 0.248 e. The van der Waals surface area contributed by atoms with E-state index in [2.05, 4.69) is 26.8 Å². The average Bonchev–Trinajstić information content (AvgIpc) is 3.17. The molecule has 6 nitrogen and oxygen atoms in total. The summed E-state index contributed by atoms with van der Waals surface area (Å²) in [5.41, 5.74) is 7.60. The Kier molecular flexibility index (Phi) is 4.54. The highest BCUT2D eigenvalue weighted by molar-refractivity contribution is 5.92. The molecule has 1 aromatic heterocycles. The van der Waals surface area contributed by atoms with Gasteiger partial charge in [-0.05, 0) is 55.5 Å². The van der Waals surface area contributed by atoms with Crippen LogP contribution in [0.4, 0.5) is 0 Å². The molecule has 1 aromatic carbocycles. The number of carbonyl (C=O) groups is 1. The molecule has 2 fully saturated rings. The maximum absolute atomic E-state index is 11.3. The smallest absolute Gasteiger partial charge is 0.248 e. The molecule has 3 N–H and O–H groups in total. The van der Waals surface area contributed by atoms with Crippen molar-refractivity contribution in [3.05, 3.63) is 53.6 Å². The van der Waals surface area contributed by atoms with Crippen molar-refractivity contribution in [2.75, 3.05) is 13.1 Å². The van der Waals surface area contributed by atoms with E-state index in [1.165, 1.54) is 24.8 Å². The lowest BCUT2D eigenvalue weighted by Gasteiger charge is -2.29. The number of primary amides is 1. The Morgan fingerprint density at radius 2 is 2.04 bits per heavy atom. The van der Waals surface area contributed by atoms with E-state index < -0.39 is 0 Å². The number of aryl methyl sites for hydroxylation is 1. The zero-order valence-electron chi connectivity index (χ0n) is 15.3. The number of nitrogens with zero attached hydrogens (tertiary/aromatic N) is 3. The molecule has 6 heteroatoms. The first-order valence-electron chi connectivity index (χ1n) is 9.37. The SMILES string of the molecule is Cn1ccnc1CN(Cc1ccc(C(N)=O)cc1)[C@H]1CC12CCNCC2. The van der Waals surface area contributed by atoms with Gasteiger partial charge in [-0.1, -0.05) is 12.1 Å². The molecule has 4 rings (SSSR count). The number of rotatable bonds is 6. The van der Waals surface area contributed by atoms with Gasteiger partial charge in [-0.2, -0.15) is 0 Å². The van der Waals surface area contributed by atoms with E-state index in [0.29, 0.717) is 17.0 Å². The highest BCUT2D eigenvalue weighted by Gasteiger charge is 2.56. The van der Waals surface area contributed by atoms with Crippen LogP contribution in [0.25, 0.3) is 0 Å². The maximum atomic E-state index is 11.3. The molecule has 1 amide bonds. The number of imidazole rings is 1. The molecule has 0 unspecified atom stereocenters. The Morgan fingerprint density at radius 3 is 2.65 bits per heavy atom. The van der Waals surface area contributed by atoms with Gasteiger partial charge in [0.1, 0.15) is 5.82 Å². The lowest BCUT2D eigenvalue weighted by molar-refractivity contribution is 0.100. The van der Waals surface area contributed by atoms with E-state index in [-0.39, 0.29) is 5.91 Å². The fourth-order valence-electron chi connectivity index (χ4n) is 4.32. The standard InChI is InChI=1S/C20H27N5O/c1-24-11-10-23-18(24)14-25(17-12-20(17)6-8-22-9-7-20)13-15-2-4-16(5-3-15)19(21)26/h2-5,10-11,17,22H,6-9,12-14H2,1H3,(H2,21,26)/t17-/m0/s1. The highest BCUT2D eigenvalue weighted by atomic mass is 16.1. The predicted octanol–water partition coefficient (Wildman–Crippen LogP) is 1.66. The molecule has 1 aliphatic heterocycles. The molecule has 1 saturated heterocycles. The van der Waals surface area contributed by atoms with Crippen molar-refractivity contribution in [1.82, 2.24) is 19.8 Å². The van der Waals surface area contributed by atoms with Crippen molar-refractivity contribution < 1.29 is 4.79 Å². The Bertz CT molecular complexity index is 776. The van der Waals surface area contributed by atoms with Crippen molar-refractivity contribution in [3.63, 3.8) is 0 Å². The Balaban J connectivity index is 1.52. The summed E-state index contributed by atoms with van der Waals surface area (Å²) in [5.74, 6) is 0.715. The van der Waals surface area contributed by atoms with E-state index >= 15 is 0 Å². The normalized spacial score (nSPS) is 21.2. The molecule has 1 atom stereocenters. The Hall–Kier alpha value is -2.18. The average molecular weight is 353 g/mol. The largest absolute Gasteiger partial charge is 0.366 e. The number of benzene rings is 1. The summed E-state index contributed by atoms with van der Waals surface area (Å²) in [5, 5.41) is 3.48. The van der Waals surface area contributed by atoms with Crippen molar-refractivity contribution in [1.29, 1.82) is 0 Å². The molecule has 1 spiro atoms. The van der Waals surface area contributed by atoms with Gasteiger partial charge in [0, 0.05) is 37.6 Å². The number of aromatic nitrogens is 2. The van der Waals surface area contributed by atoms with Gasteiger partial charge < -0.3 is 15.6 Å². The molecule has 2 heterocycles. The summed E-state index contributed by atoms with van der Waals surface area (Å²) in [7, 11) is 2.05. The van der Waals surface area contributed by atoms with Crippen molar-refractivity contribution in [2.24, 2.45) is 18.2 Å². The van der Waals surface area contributed by atoms with E-state index in [1.807, 2.05) is 36.7 Å². The monoisotopic (exact) mass is 353 g/mol. The minimum absolute atomic E-state index is 0.378. The third kappa shape index (κ3) is 3.39. The summed E-state index contributed by atoms with van der Waals surface area (Å²) >= 11 is 0. The molecule has 0 radical (unpaired) electrons. The lowest BCUT2D eigenvalue weighted by Crippen LogP contribution is -2.36. The number of hydrogen-bond donors (Lipinski definition) is 2. The van der Waals surface area contributed by atoms with Crippen molar-refractivity contribution in [2.45, 2.75) is 38.4 Å². The zero-order valence-corrected chi connectivity index (χ0v) is 15.3.